The summed E-state index contributed by atoms with van der Waals surface area (Å²) in [6, 6.07) is 0. The van der Waals surface area contributed by atoms with E-state index in [4.69, 9.17) is 11.6 Å². The highest BCUT2D eigenvalue weighted by atomic mass is 35.5. The van der Waals surface area contributed by atoms with Crippen LogP contribution in [0, 0.1) is 11.8 Å². The quantitative estimate of drug-likeness (QED) is 0.696. The second-order valence-corrected chi connectivity index (χ2v) is 5.54. The number of hydrogen-bond acceptors (Lipinski definition) is 1. The van der Waals surface area contributed by atoms with E-state index in [-0.39, 0.29) is 11.3 Å². The molecule has 16 heavy (non-hydrogen) atoms. The van der Waals surface area contributed by atoms with Gasteiger partial charge in [0.05, 0.1) is 0 Å². The second kappa shape index (κ2) is 6.48. The van der Waals surface area contributed by atoms with E-state index in [1.807, 2.05) is 4.90 Å². The van der Waals surface area contributed by atoms with Gasteiger partial charge in [0.2, 0.25) is 5.91 Å². The van der Waals surface area contributed by atoms with Gasteiger partial charge in [-0.2, -0.15) is 0 Å². The molecule has 0 aromatic carbocycles. The maximum absolute atomic E-state index is 12.1. The molecule has 0 radical (unpaired) electrons. The van der Waals surface area contributed by atoms with Gasteiger partial charge in [0, 0.05) is 24.4 Å². The van der Waals surface area contributed by atoms with Crippen LogP contribution in [0.15, 0.2) is 0 Å². The van der Waals surface area contributed by atoms with Gasteiger partial charge < -0.3 is 4.90 Å². The summed E-state index contributed by atoms with van der Waals surface area (Å²) in [7, 11) is 0. The van der Waals surface area contributed by atoms with E-state index in [1.165, 1.54) is 0 Å². The zero-order chi connectivity index (χ0) is 12.1. The lowest BCUT2D eigenvalue weighted by molar-refractivity contribution is -0.137. The molecule has 0 aliphatic carbocycles. The van der Waals surface area contributed by atoms with E-state index >= 15 is 0 Å². The number of carbonyl (C=O) groups excluding carboxylic acids is 1. The maximum Gasteiger partial charge on any atom is 0.225 e. The van der Waals surface area contributed by atoms with Crippen LogP contribution in [0.4, 0.5) is 0 Å². The molecule has 1 amide bonds. The van der Waals surface area contributed by atoms with Crippen LogP contribution in [0.1, 0.15) is 46.5 Å². The lowest BCUT2D eigenvalue weighted by atomic mass is 9.92. The molecule has 1 heterocycles. The molecule has 1 aliphatic heterocycles. The Kier molecular flexibility index (Phi) is 5.60. The van der Waals surface area contributed by atoms with Crippen LogP contribution < -0.4 is 0 Å². The highest BCUT2D eigenvalue weighted by Gasteiger charge is 2.27. The summed E-state index contributed by atoms with van der Waals surface area (Å²) in [5.74, 6) is 1.17. The van der Waals surface area contributed by atoms with Crippen molar-refractivity contribution in [2.24, 2.45) is 11.8 Å². The summed E-state index contributed by atoms with van der Waals surface area (Å²) >= 11 is 6.10. The smallest absolute Gasteiger partial charge is 0.225 e. The van der Waals surface area contributed by atoms with Crippen LogP contribution >= 0.6 is 11.6 Å². The predicted molar refractivity (Wildman–Crippen MR) is 68.7 cm³/mol. The number of nitrogens with zero attached hydrogens (tertiary/aromatic N) is 1. The summed E-state index contributed by atoms with van der Waals surface area (Å²) in [5.41, 5.74) is 0. The van der Waals surface area contributed by atoms with Gasteiger partial charge in [-0.3, -0.25) is 4.79 Å². The van der Waals surface area contributed by atoms with Crippen LogP contribution in [-0.2, 0) is 4.79 Å². The molecule has 0 aromatic rings. The zero-order valence-corrected chi connectivity index (χ0v) is 11.5. The molecule has 94 valence electrons. The van der Waals surface area contributed by atoms with Crippen molar-refractivity contribution in [3.8, 4) is 0 Å². The Morgan fingerprint density at radius 2 is 1.81 bits per heavy atom. The number of piperidine rings is 1. The molecule has 1 aliphatic rings. The molecule has 1 unspecified atom stereocenters. The van der Waals surface area contributed by atoms with E-state index < -0.39 is 0 Å². The molecular formula is C13H24ClNO. The Hall–Kier alpha value is -0.240. The van der Waals surface area contributed by atoms with Gasteiger partial charge in [-0.25, -0.2) is 0 Å². The van der Waals surface area contributed by atoms with E-state index in [1.54, 1.807) is 0 Å². The fourth-order valence-electron chi connectivity index (χ4n) is 2.48. The third kappa shape index (κ3) is 3.38. The van der Waals surface area contributed by atoms with Gasteiger partial charge in [0.25, 0.3) is 0 Å². The summed E-state index contributed by atoms with van der Waals surface area (Å²) in [4.78, 5) is 14.2. The van der Waals surface area contributed by atoms with Crippen LogP contribution in [0.5, 0.6) is 0 Å². The SMILES string of the molecule is CCC(CC)C(=O)N1CCC(C(C)Cl)CC1. The van der Waals surface area contributed by atoms with Crippen molar-refractivity contribution in [2.45, 2.75) is 51.8 Å². The maximum atomic E-state index is 12.1. The third-order valence-corrected chi connectivity index (χ3v) is 4.19. The molecule has 3 heteroatoms. The fourth-order valence-corrected chi connectivity index (χ4v) is 2.73. The Morgan fingerprint density at radius 1 is 1.31 bits per heavy atom. The Labute approximate surface area is 104 Å². The van der Waals surface area contributed by atoms with Crippen molar-refractivity contribution in [2.75, 3.05) is 13.1 Å². The minimum Gasteiger partial charge on any atom is -0.342 e. The molecule has 0 spiro atoms. The Morgan fingerprint density at radius 3 is 2.19 bits per heavy atom. The summed E-state index contributed by atoms with van der Waals surface area (Å²) in [5, 5.41) is 0.241. The summed E-state index contributed by atoms with van der Waals surface area (Å²) < 4.78 is 0. The van der Waals surface area contributed by atoms with Crippen molar-refractivity contribution < 1.29 is 4.79 Å². The average Bonchev–Trinajstić information content (AvgIpc) is 2.30. The van der Waals surface area contributed by atoms with E-state index in [0.717, 1.165) is 38.8 Å². The molecule has 1 fully saturated rings. The van der Waals surface area contributed by atoms with Crippen LogP contribution in [0.3, 0.4) is 0 Å². The minimum atomic E-state index is 0.227. The van der Waals surface area contributed by atoms with Crippen molar-refractivity contribution in [3.63, 3.8) is 0 Å². The lowest BCUT2D eigenvalue weighted by Crippen LogP contribution is -2.42. The fraction of sp³-hybridized carbons (Fsp3) is 0.923. The molecule has 0 aromatic heterocycles. The summed E-state index contributed by atoms with van der Waals surface area (Å²) in [6.45, 7) is 8.05. The highest BCUT2D eigenvalue weighted by molar-refractivity contribution is 6.20. The first-order valence-corrected chi connectivity index (χ1v) is 6.96. The number of amides is 1. The topological polar surface area (TPSA) is 20.3 Å². The molecule has 0 saturated carbocycles. The first-order chi connectivity index (χ1) is 7.60. The molecule has 0 bridgehead atoms. The third-order valence-electron chi connectivity index (χ3n) is 3.84. The normalized spacial score (nSPS) is 20.2. The number of likely N-dealkylation sites (tertiary alicyclic amines) is 1. The number of rotatable bonds is 4. The lowest BCUT2D eigenvalue weighted by Gasteiger charge is -2.35. The Balaban J connectivity index is 2.44. The van der Waals surface area contributed by atoms with E-state index in [0.29, 0.717) is 11.8 Å². The zero-order valence-electron chi connectivity index (χ0n) is 10.7. The van der Waals surface area contributed by atoms with Gasteiger partial charge in [-0.05, 0) is 38.5 Å². The first kappa shape index (κ1) is 13.8. The van der Waals surface area contributed by atoms with E-state index in [2.05, 4.69) is 20.8 Å². The number of hydrogen-bond donors (Lipinski definition) is 0. The van der Waals surface area contributed by atoms with Crippen LogP contribution in [-0.4, -0.2) is 29.3 Å². The molecule has 1 atom stereocenters. The first-order valence-electron chi connectivity index (χ1n) is 6.52. The second-order valence-electron chi connectivity index (χ2n) is 4.85. The molecule has 0 N–H and O–H groups in total. The molecular weight excluding hydrogens is 222 g/mol. The molecule has 1 saturated heterocycles. The predicted octanol–water partition coefficient (Wildman–Crippen LogP) is 3.29. The van der Waals surface area contributed by atoms with Crippen molar-refractivity contribution >= 4 is 17.5 Å². The van der Waals surface area contributed by atoms with Gasteiger partial charge in [0.15, 0.2) is 0 Å². The average molecular weight is 246 g/mol. The van der Waals surface area contributed by atoms with Gasteiger partial charge >= 0.3 is 0 Å². The number of carbonyl (C=O) groups is 1. The van der Waals surface area contributed by atoms with Crippen molar-refractivity contribution in [1.29, 1.82) is 0 Å². The van der Waals surface area contributed by atoms with Crippen LogP contribution in [0.25, 0.3) is 0 Å². The minimum absolute atomic E-state index is 0.227. The van der Waals surface area contributed by atoms with E-state index in [9.17, 15) is 4.79 Å². The largest absolute Gasteiger partial charge is 0.342 e. The van der Waals surface area contributed by atoms with Gasteiger partial charge in [-0.15, -0.1) is 11.6 Å². The molecule has 2 nitrogen and oxygen atoms in total. The Bertz CT molecular complexity index is 218. The van der Waals surface area contributed by atoms with Crippen LogP contribution in [0.2, 0.25) is 0 Å². The number of halogens is 1. The van der Waals surface area contributed by atoms with Crippen molar-refractivity contribution in [1.82, 2.24) is 4.90 Å². The highest BCUT2D eigenvalue weighted by Crippen LogP contribution is 2.25. The molecule has 1 rings (SSSR count). The standard InChI is InChI=1S/C13H24ClNO/c1-4-11(5-2)13(16)15-8-6-12(7-9-15)10(3)14/h10-12H,4-9H2,1-3H3. The van der Waals surface area contributed by atoms with Crippen molar-refractivity contribution in [3.05, 3.63) is 0 Å². The van der Waals surface area contributed by atoms with Gasteiger partial charge in [0.1, 0.15) is 0 Å². The monoisotopic (exact) mass is 245 g/mol. The van der Waals surface area contributed by atoms with Gasteiger partial charge in [-0.1, -0.05) is 13.8 Å². The number of alkyl halides is 1. The summed E-state index contributed by atoms with van der Waals surface area (Å²) in [6.07, 6.45) is 4.05.